The molecule has 0 amide bonds. The normalized spacial score (nSPS) is 10.7. The summed E-state index contributed by atoms with van der Waals surface area (Å²) in [4.78, 5) is 0. The Balaban J connectivity index is 0.00000136. The van der Waals surface area contributed by atoms with Crippen molar-refractivity contribution in [3.05, 3.63) is 212 Å². The Hall–Kier alpha value is -5.06. The Kier molecular flexibility index (Phi) is 11.9. The SMILES string of the molecule is Cl[I-]Cl.c1ccc(-c2c(-c3ccccc3)c(-c3ccccc3)c(-c3ccccc3)[c+](-c3ccccc3)c(-c3ccccc3)c2-c2ccccc2)cc1. The summed E-state index contributed by atoms with van der Waals surface area (Å²) in [6, 6.07) is 76.7. The van der Waals surface area contributed by atoms with Gasteiger partial charge in [-0.3, -0.25) is 0 Å². The standard InChI is InChI=1S/C49H35.Cl2I/c1-8-22-36(23-9-1)43-44(37-24-10-2-11-25-37)46(39-28-14-4-15-29-39)48(41-32-18-6-19-33-41)49(42-34-20-7-21-35-42)47(40-30-16-5-17-31-40)45(43)38-26-12-3-13-27-38;1-3-2/h1-35H;/q+1;-1. The molecule has 0 atom stereocenters. The summed E-state index contributed by atoms with van der Waals surface area (Å²) in [5, 5.41) is 0. The van der Waals surface area contributed by atoms with Gasteiger partial charge in [0, 0.05) is 44.5 Å². The summed E-state index contributed by atoms with van der Waals surface area (Å²) in [6.45, 7) is 0. The van der Waals surface area contributed by atoms with Gasteiger partial charge in [0.1, 0.15) is 0 Å². The van der Waals surface area contributed by atoms with E-state index < -0.39 is 18.9 Å². The molecule has 0 saturated carbocycles. The van der Waals surface area contributed by atoms with Crippen molar-refractivity contribution in [2.45, 2.75) is 0 Å². The Morgan fingerprint density at radius 1 is 0.269 bits per heavy atom. The summed E-state index contributed by atoms with van der Waals surface area (Å²) in [5.74, 6) is 0. The molecule has 8 aromatic rings. The first-order valence-electron chi connectivity index (χ1n) is 17.2. The van der Waals surface area contributed by atoms with Crippen molar-refractivity contribution >= 4 is 17.8 Å². The molecule has 0 radical (unpaired) electrons. The molecule has 0 heterocycles. The van der Waals surface area contributed by atoms with Gasteiger partial charge in [0.2, 0.25) is 0 Å². The minimum atomic E-state index is -0.466. The number of hydrogen-bond acceptors (Lipinski definition) is 0. The van der Waals surface area contributed by atoms with E-state index in [0.717, 1.165) is 0 Å². The first kappa shape index (κ1) is 35.3. The molecule has 0 aliphatic rings. The van der Waals surface area contributed by atoms with Crippen molar-refractivity contribution < 1.29 is 18.9 Å². The second-order valence-corrected chi connectivity index (χ2v) is 15.4. The van der Waals surface area contributed by atoms with Crippen LogP contribution in [0.4, 0.5) is 0 Å². The van der Waals surface area contributed by atoms with Gasteiger partial charge in [0.15, 0.2) is 0 Å². The zero-order chi connectivity index (χ0) is 35.5. The molecule has 8 rings (SSSR count). The average molecular weight is 822 g/mol. The van der Waals surface area contributed by atoms with E-state index >= 15 is 0 Å². The summed E-state index contributed by atoms with van der Waals surface area (Å²) >= 11 is -0.466. The fourth-order valence-corrected chi connectivity index (χ4v) is 7.13. The molecule has 52 heavy (non-hydrogen) atoms. The van der Waals surface area contributed by atoms with Crippen molar-refractivity contribution in [2.24, 2.45) is 0 Å². The van der Waals surface area contributed by atoms with Gasteiger partial charge in [-0.25, -0.2) is 0 Å². The van der Waals surface area contributed by atoms with Crippen LogP contribution in [0.2, 0.25) is 0 Å². The molecular weight excluding hydrogens is 786 g/mol. The molecule has 252 valence electrons. The summed E-state index contributed by atoms with van der Waals surface area (Å²) in [7, 11) is 9.75. The Morgan fingerprint density at radius 3 is 0.750 bits per heavy atom. The molecular formula is C49H35Cl2I. The quantitative estimate of drug-likeness (QED) is 0.111. The van der Waals surface area contributed by atoms with Crippen molar-refractivity contribution in [3.63, 3.8) is 0 Å². The predicted molar refractivity (Wildman–Crippen MR) is 221 cm³/mol. The van der Waals surface area contributed by atoms with E-state index in [-0.39, 0.29) is 0 Å². The fourth-order valence-electron chi connectivity index (χ4n) is 7.13. The molecule has 8 aromatic carbocycles. The Morgan fingerprint density at radius 2 is 0.481 bits per heavy atom. The molecule has 0 aromatic heterocycles. The van der Waals surface area contributed by atoms with Crippen molar-refractivity contribution in [3.8, 4) is 77.9 Å². The summed E-state index contributed by atoms with van der Waals surface area (Å²) in [5.41, 5.74) is 16.6. The van der Waals surface area contributed by atoms with Crippen LogP contribution < -0.4 is 18.9 Å². The first-order chi connectivity index (χ1) is 25.8. The summed E-state index contributed by atoms with van der Waals surface area (Å²) in [6.07, 6.45) is 0. The predicted octanol–water partition coefficient (Wildman–Crippen LogP) is 12.0. The zero-order valence-corrected chi connectivity index (χ0v) is 32.0. The molecule has 0 nitrogen and oxygen atoms in total. The molecule has 0 saturated heterocycles. The van der Waals surface area contributed by atoms with Crippen molar-refractivity contribution in [1.29, 1.82) is 0 Å². The van der Waals surface area contributed by atoms with Crippen LogP contribution in [0.15, 0.2) is 212 Å². The minimum absolute atomic E-state index is 0.466. The first-order valence-corrected chi connectivity index (χ1v) is 22.6. The van der Waals surface area contributed by atoms with Crippen LogP contribution >= 0.6 is 17.8 Å². The number of benzene rings is 7. The molecule has 0 N–H and O–H groups in total. The van der Waals surface area contributed by atoms with Crippen LogP contribution in [0.5, 0.6) is 0 Å². The zero-order valence-electron chi connectivity index (χ0n) is 28.3. The number of halogens is 3. The topological polar surface area (TPSA) is 0 Å². The Bertz CT molecular complexity index is 1840. The van der Waals surface area contributed by atoms with E-state index in [1.54, 1.807) is 0 Å². The van der Waals surface area contributed by atoms with Gasteiger partial charge < -0.3 is 0 Å². The molecule has 3 heteroatoms. The van der Waals surface area contributed by atoms with Gasteiger partial charge in [-0.1, -0.05) is 140 Å². The van der Waals surface area contributed by atoms with E-state index in [1.807, 2.05) is 0 Å². The maximum absolute atomic E-state index is 4.87. The largest absolute Gasteiger partial charge is 0.0698 e. The van der Waals surface area contributed by atoms with Gasteiger partial charge in [-0.15, -0.1) is 0 Å². The van der Waals surface area contributed by atoms with Gasteiger partial charge >= 0.3 is 36.8 Å². The van der Waals surface area contributed by atoms with Gasteiger partial charge in [-0.05, 0) is 83.9 Å². The molecule has 0 fully saturated rings. The second-order valence-electron chi connectivity index (χ2n) is 12.2. The van der Waals surface area contributed by atoms with Gasteiger partial charge in [-0.2, -0.15) is 0 Å². The van der Waals surface area contributed by atoms with E-state index in [1.165, 1.54) is 77.9 Å². The number of rotatable bonds is 7. The molecule has 0 unspecified atom stereocenters. The fraction of sp³-hybridized carbons (Fsp3) is 0. The smallest absolute Gasteiger partial charge is 0.0622 e. The van der Waals surface area contributed by atoms with Crippen LogP contribution in [0, 0.1) is 0 Å². The van der Waals surface area contributed by atoms with E-state index in [0.29, 0.717) is 0 Å². The van der Waals surface area contributed by atoms with Gasteiger partial charge in [0.25, 0.3) is 0 Å². The van der Waals surface area contributed by atoms with E-state index in [9.17, 15) is 0 Å². The maximum atomic E-state index is 4.87. The molecule has 0 aliphatic carbocycles. The van der Waals surface area contributed by atoms with Gasteiger partial charge in [0.05, 0.1) is 22.3 Å². The minimum Gasteiger partial charge on any atom is -0.0622 e. The van der Waals surface area contributed by atoms with Crippen molar-refractivity contribution in [1.82, 2.24) is 0 Å². The van der Waals surface area contributed by atoms with Crippen LogP contribution in [0.1, 0.15) is 0 Å². The third-order valence-electron chi connectivity index (χ3n) is 9.19. The monoisotopic (exact) mass is 820 g/mol. The molecule has 0 bridgehead atoms. The second kappa shape index (κ2) is 17.4. The van der Waals surface area contributed by atoms with Crippen molar-refractivity contribution in [2.75, 3.05) is 0 Å². The molecule has 0 spiro atoms. The maximum Gasteiger partial charge on any atom is 0.0698 e. The van der Waals surface area contributed by atoms with Crippen LogP contribution in [0.3, 0.4) is 0 Å². The third kappa shape index (κ3) is 7.59. The Labute approximate surface area is 324 Å². The van der Waals surface area contributed by atoms with E-state index in [2.05, 4.69) is 212 Å². The third-order valence-corrected chi connectivity index (χ3v) is 9.19. The van der Waals surface area contributed by atoms with E-state index in [4.69, 9.17) is 17.8 Å². The van der Waals surface area contributed by atoms with Crippen LogP contribution in [0.25, 0.3) is 77.9 Å². The van der Waals surface area contributed by atoms with Crippen LogP contribution in [-0.2, 0) is 0 Å². The van der Waals surface area contributed by atoms with Crippen LogP contribution in [-0.4, -0.2) is 0 Å². The molecule has 0 aliphatic heterocycles. The summed E-state index contributed by atoms with van der Waals surface area (Å²) < 4.78 is 0. The number of hydrogen-bond donors (Lipinski definition) is 0. The average Bonchev–Trinajstić information content (AvgIpc) is 3.37.